The maximum Gasteiger partial charge on any atom is 0.256 e. The average molecular weight is 460 g/mol. The number of anilines is 1. The largest absolute Gasteiger partial charge is 0.319 e. The van der Waals surface area contributed by atoms with Crippen LogP contribution in [0.5, 0.6) is 0 Å². The average Bonchev–Trinajstić information content (AvgIpc) is 3.16. The van der Waals surface area contributed by atoms with Crippen molar-refractivity contribution in [3.8, 4) is 17.3 Å². The van der Waals surface area contributed by atoms with E-state index in [1.165, 1.54) is 6.33 Å². The summed E-state index contributed by atoms with van der Waals surface area (Å²) >= 11 is 0. The molecule has 0 unspecified atom stereocenters. The second-order valence-corrected chi connectivity index (χ2v) is 8.17. The molecule has 1 N–H and O–H groups in total. The summed E-state index contributed by atoms with van der Waals surface area (Å²) in [5, 5.41) is 17.5. The third kappa shape index (κ3) is 4.35. The number of amides is 1. The van der Waals surface area contributed by atoms with E-state index in [0.717, 1.165) is 27.9 Å². The van der Waals surface area contributed by atoms with Crippen molar-refractivity contribution >= 4 is 22.5 Å². The molecule has 0 saturated carbocycles. The molecule has 0 saturated heterocycles. The number of aromatic nitrogens is 5. The number of hydrogen-bond acceptors (Lipinski definition) is 6. The monoisotopic (exact) mass is 459 g/mol. The van der Waals surface area contributed by atoms with Gasteiger partial charge in [-0.05, 0) is 43.7 Å². The number of benzene rings is 2. The van der Waals surface area contributed by atoms with E-state index in [2.05, 4.69) is 26.5 Å². The number of nitriles is 1. The van der Waals surface area contributed by atoms with Gasteiger partial charge in [0.15, 0.2) is 0 Å². The third-order valence-corrected chi connectivity index (χ3v) is 5.85. The van der Waals surface area contributed by atoms with Gasteiger partial charge in [0, 0.05) is 23.3 Å². The molecule has 0 atom stereocenters. The predicted molar refractivity (Wildman–Crippen MR) is 133 cm³/mol. The molecule has 0 aliphatic rings. The Hall–Kier alpha value is -4.90. The van der Waals surface area contributed by atoms with Crippen LogP contribution in [-0.4, -0.2) is 30.6 Å². The standard InChI is InChI=1S/C27H21N7O/c1-17-26(18(2)34(33-17)15-20-9-7-19(12-28)8-10-20)32-27(35)23-11-25(21-13-29-16-30-14-21)31-24-6-4-3-5-22(23)24/h3-11,13-14,16H,15H2,1-2H3,(H,32,35). The number of hydrogen-bond donors (Lipinski definition) is 1. The van der Waals surface area contributed by atoms with Crippen LogP contribution in [0.25, 0.3) is 22.2 Å². The fraction of sp³-hybridized carbons (Fsp3) is 0.111. The van der Waals surface area contributed by atoms with Gasteiger partial charge < -0.3 is 5.32 Å². The number of nitrogens with one attached hydrogen (secondary N) is 1. The van der Waals surface area contributed by atoms with Gasteiger partial charge in [0.1, 0.15) is 6.33 Å². The fourth-order valence-corrected chi connectivity index (χ4v) is 4.01. The first kappa shape index (κ1) is 21.9. The normalized spacial score (nSPS) is 10.8. The van der Waals surface area contributed by atoms with Crippen LogP contribution in [0.15, 0.2) is 73.3 Å². The van der Waals surface area contributed by atoms with Crippen molar-refractivity contribution in [1.82, 2.24) is 24.7 Å². The third-order valence-electron chi connectivity index (χ3n) is 5.85. The van der Waals surface area contributed by atoms with Gasteiger partial charge in [-0.3, -0.25) is 9.48 Å². The number of carbonyl (C=O) groups is 1. The van der Waals surface area contributed by atoms with Gasteiger partial charge in [0.2, 0.25) is 0 Å². The Morgan fingerprint density at radius 2 is 1.80 bits per heavy atom. The smallest absolute Gasteiger partial charge is 0.256 e. The second kappa shape index (κ2) is 9.15. The molecule has 0 aliphatic carbocycles. The highest BCUT2D eigenvalue weighted by Gasteiger charge is 2.19. The molecule has 0 fully saturated rings. The second-order valence-electron chi connectivity index (χ2n) is 8.17. The highest BCUT2D eigenvalue weighted by molar-refractivity contribution is 6.13. The van der Waals surface area contributed by atoms with Gasteiger partial charge >= 0.3 is 0 Å². The Morgan fingerprint density at radius 1 is 1.06 bits per heavy atom. The maximum atomic E-state index is 13.5. The Morgan fingerprint density at radius 3 is 2.54 bits per heavy atom. The van der Waals surface area contributed by atoms with Crippen LogP contribution in [0.2, 0.25) is 0 Å². The Labute approximate surface area is 201 Å². The number of pyridine rings is 1. The number of para-hydroxylation sites is 1. The molecule has 0 aliphatic heterocycles. The van der Waals surface area contributed by atoms with Crippen molar-refractivity contribution < 1.29 is 4.79 Å². The summed E-state index contributed by atoms with van der Waals surface area (Å²) in [6.07, 6.45) is 4.81. The van der Waals surface area contributed by atoms with Crippen LogP contribution in [0, 0.1) is 25.2 Å². The zero-order valence-corrected chi connectivity index (χ0v) is 19.2. The van der Waals surface area contributed by atoms with E-state index in [9.17, 15) is 4.79 Å². The number of fused-ring (bicyclic) bond motifs is 1. The lowest BCUT2D eigenvalue weighted by molar-refractivity contribution is 0.102. The number of rotatable bonds is 5. The van der Waals surface area contributed by atoms with Gasteiger partial charge in [-0.1, -0.05) is 30.3 Å². The van der Waals surface area contributed by atoms with E-state index in [-0.39, 0.29) is 5.91 Å². The summed E-state index contributed by atoms with van der Waals surface area (Å²) in [5.74, 6) is -0.245. The maximum absolute atomic E-state index is 13.5. The number of aryl methyl sites for hydroxylation is 1. The van der Waals surface area contributed by atoms with Gasteiger partial charge in [-0.15, -0.1) is 0 Å². The number of nitrogens with zero attached hydrogens (tertiary/aromatic N) is 6. The van der Waals surface area contributed by atoms with E-state index in [0.29, 0.717) is 34.6 Å². The lowest BCUT2D eigenvalue weighted by atomic mass is 10.0. The lowest BCUT2D eigenvalue weighted by Crippen LogP contribution is -2.14. The zero-order chi connectivity index (χ0) is 24.4. The molecule has 8 nitrogen and oxygen atoms in total. The van der Waals surface area contributed by atoms with E-state index >= 15 is 0 Å². The first-order valence-electron chi connectivity index (χ1n) is 11.0. The highest BCUT2D eigenvalue weighted by atomic mass is 16.1. The van der Waals surface area contributed by atoms with Crippen molar-refractivity contribution in [2.45, 2.75) is 20.4 Å². The molecule has 5 aromatic rings. The minimum atomic E-state index is -0.245. The summed E-state index contributed by atoms with van der Waals surface area (Å²) in [6.45, 7) is 4.33. The quantitative estimate of drug-likeness (QED) is 0.409. The molecule has 3 aromatic heterocycles. The van der Waals surface area contributed by atoms with Gasteiger partial charge in [-0.25, -0.2) is 15.0 Å². The minimum Gasteiger partial charge on any atom is -0.319 e. The Balaban J connectivity index is 1.48. The summed E-state index contributed by atoms with van der Waals surface area (Å²) in [7, 11) is 0. The summed E-state index contributed by atoms with van der Waals surface area (Å²) in [4.78, 5) is 26.4. The summed E-state index contributed by atoms with van der Waals surface area (Å²) in [5.41, 5.74) is 6.44. The highest BCUT2D eigenvalue weighted by Crippen LogP contribution is 2.27. The number of carbonyl (C=O) groups excluding carboxylic acids is 1. The van der Waals surface area contributed by atoms with E-state index in [1.807, 2.05) is 54.9 Å². The summed E-state index contributed by atoms with van der Waals surface area (Å²) in [6, 6.07) is 18.8. The van der Waals surface area contributed by atoms with Crippen molar-refractivity contribution in [3.05, 3.63) is 101 Å². The van der Waals surface area contributed by atoms with Crippen LogP contribution in [0.1, 0.15) is 32.9 Å². The molecule has 0 radical (unpaired) electrons. The van der Waals surface area contributed by atoms with Gasteiger partial charge in [0.05, 0.1) is 52.0 Å². The summed E-state index contributed by atoms with van der Waals surface area (Å²) < 4.78 is 1.85. The fourth-order valence-electron chi connectivity index (χ4n) is 4.01. The van der Waals surface area contributed by atoms with Crippen LogP contribution in [0.3, 0.4) is 0 Å². The molecule has 5 rings (SSSR count). The van der Waals surface area contributed by atoms with Crippen LogP contribution in [0.4, 0.5) is 5.69 Å². The van der Waals surface area contributed by atoms with Crippen LogP contribution < -0.4 is 5.32 Å². The predicted octanol–water partition coefficient (Wildman–Crippen LogP) is 4.68. The molecule has 170 valence electrons. The molecule has 2 aromatic carbocycles. The van der Waals surface area contributed by atoms with Gasteiger partial charge in [-0.2, -0.15) is 10.4 Å². The van der Waals surface area contributed by atoms with Crippen molar-refractivity contribution in [2.24, 2.45) is 0 Å². The van der Waals surface area contributed by atoms with Crippen molar-refractivity contribution in [3.63, 3.8) is 0 Å². The molecule has 8 heteroatoms. The van der Waals surface area contributed by atoms with Crippen LogP contribution in [-0.2, 0) is 6.54 Å². The van der Waals surface area contributed by atoms with Crippen molar-refractivity contribution in [2.75, 3.05) is 5.32 Å². The Bertz CT molecular complexity index is 1580. The minimum absolute atomic E-state index is 0.245. The molecular weight excluding hydrogens is 438 g/mol. The molecule has 35 heavy (non-hydrogen) atoms. The molecule has 0 bridgehead atoms. The van der Waals surface area contributed by atoms with Crippen molar-refractivity contribution in [1.29, 1.82) is 5.26 Å². The van der Waals surface area contributed by atoms with Gasteiger partial charge in [0.25, 0.3) is 5.91 Å². The lowest BCUT2D eigenvalue weighted by Gasteiger charge is -2.11. The van der Waals surface area contributed by atoms with E-state index in [4.69, 9.17) is 10.2 Å². The van der Waals surface area contributed by atoms with Crippen LogP contribution >= 0.6 is 0 Å². The SMILES string of the molecule is Cc1nn(Cc2ccc(C#N)cc2)c(C)c1NC(=O)c1cc(-c2cncnc2)nc2ccccc12. The van der Waals surface area contributed by atoms with E-state index < -0.39 is 0 Å². The molecule has 3 heterocycles. The molecular formula is C27H21N7O. The van der Waals surface area contributed by atoms with E-state index in [1.54, 1.807) is 30.6 Å². The Kier molecular flexibility index (Phi) is 5.73. The topological polar surface area (TPSA) is 109 Å². The first-order chi connectivity index (χ1) is 17.0. The first-order valence-corrected chi connectivity index (χ1v) is 11.0. The molecule has 0 spiro atoms. The molecule has 1 amide bonds. The zero-order valence-electron chi connectivity index (χ0n) is 19.2.